The van der Waals surface area contributed by atoms with Crippen molar-refractivity contribution in [1.82, 2.24) is 5.32 Å². The molecule has 0 saturated carbocycles. The Kier molecular flexibility index (Phi) is 6.58. The van der Waals surface area contributed by atoms with E-state index in [0.717, 1.165) is 11.1 Å². The van der Waals surface area contributed by atoms with E-state index in [4.69, 9.17) is 9.47 Å². The number of benzene rings is 3. The molecule has 156 valence electrons. The fourth-order valence-corrected chi connectivity index (χ4v) is 2.76. The molecular formula is C26H29NO3. The van der Waals surface area contributed by atoms with Crippen LogP contribution in [0.1, 0.15) is 42.3 Å². The number of hydrogen-bond donors (Lipinski definition) is 1. The minimum Gasteiger partial charge on any atom is -0.453 e. The molecule has 4 heteroatoms. The fraction of sp³-hybridized carbons (Fsp3) is 0.269. The quantitative estimate of drug-likeness (QED) is 0.460. The molecule has 30 heavy (non-hydrogen) atoms. The molecule has 0 fully saturated rings. The Morgan fingerprint density at radius 1 is 0.767 bits per heavy atom. The molecule has 0 amide bonds. The third-order valence-electron chi connectivity index (χ3n) is 4.54. The Hall–Kier alpha value is -3.11. The van der Waals surface area contributed by atoms with Gasteiger partial charge < -0.3 is 14.8 Å². The van der Waals surface area contributed by atoms with E-state index in [1.54, 1.807) is 18.2 Å². The van der Waals surface area contributed by atoms with Crippen LogP contribution in [-0.4, -0.2) is 17.9 Å². The molecular weight excluding hydrogens is 374 g/mol. The molecule has 3 aromatic rings. The summed E-state index contributed by atoms with van der Waals surface area (Å²) in [4.78, 5) is 12.7. The fourth-order valence-electron chi connectivity index (χ4n) is 2.76. The largest absolute Gasteiger partial charge is 0.453 e. The van der Waals surface area contributed by atoms with Gasteiger partial charge >= 0.3 is 0 Å². The summed E-state index contributed by atoms with van der Waals surface area (Å²) < 4.78 is 12.2. The maximum absolute atomic E-state index is 12.7. The Labute approximate surface area is 178 Å². The number of ether oxygens (including phenoxy) is 2. The van der Waals surface area contributed by atoms with Crippen LogP contribution in [-0.2, 0) is 0 Å². The van der Waals surface area contributed by atoms with Crippen LogP contribution in [0, 0.1) is 13.8 Å². The SMILES string of the molecule is Cc1ccc(Oc2ccc(C(=O)CNC(C)(C)C)cc2Oc2ccc(C)cc2)cc1. The van der Waals surface area contributed by atoms with E-state index in [2.05, 4.69) is 5.32 Å². The van der Waals surface area contributed by atoms with Gasteiger partial charge in [0.1, 0.15) is 11.5 Å². The monoisotopic (exact) mass is 403 g/mol. The van der Waals surface area contributed by atoms with Crippen LogP contribution in [0.2, 0.25) is 0 Å². The lowest BCUT2D eigenvalue weighted by Crippen LogP contribution is -2.39. The molecule has 3 aromatic carbocycles. The van der Waals surface area contributed by atoms with Gasteiger partial charge in [-0.1, -0.05) is 35.4 Å². The van der Waals surface area contributed by atoms with E-state index in [-0.39, 0.29) is 17.9 Å². The topological polar surface area (TPSA) is 47.6 Å². The molecule has 4 nitrogen and oxygen atoms in total. The molecule has 0 radical (unpaired) electrons. The Balaban J connectivity index is 1.89. The Morgan fingerprint density at radius 2 is 1.27 bits per heavy atom. The number of rotatable bonds is 7. The Morgan fingerprint density at radius 3 is 1.77 bits per heavy atom. The first-order chi connectivity index (χ1) is 14.2. The summed E-state index contributed by atoms with van der Waals surface area (Å²) in [7, 11) is 0. The number of nitrogens with one attached hydrogen (secondary N) is 1. The van der Waals surface area contributed by atoms with Crippen molar-refractivity contribution in [2.75, 3.05) is 6.54 Å². The first-order valence-corrected chi connectivity index (χ1v) is 10.1. The van der Waals surface area contributed by atoms with Crippen LogP contribution in [0.3, 0.4) is 0 Å². The van der Waals surface area contributed by atoms with E-state index < -0.39 is 0 Å². The third kappa shape index (κ3) is 6.19. The predicted octanol–water partition coefficient (Wildman–Crippen LogP) is 6.46. The predicted molar refractivity (Wildman–Crippen MR) is 121 cm³/mol. The zero-order chi connectivity index (χ0) is 21.7. The zero-order valence-electron chi connectivity index (χ0n) is 18.3. The lowest BCUT2D eigenvalue weighted by atomic mass is 10.1. The standard InChI is InChI=1S/C26H29NO3/c1-18-6-11-21(12-7-18)29-24-15-10-20(23(28)17-27-26(3,4)5)16-25(24)30-22-13-8-19(2)9-14-22/h6-16,27H,17H2,1-5H3. The van der Waals surface area contributed by atoms with E-state index >= 15 is 0 Å². The molecule has 0 bridgehead atoms. The molecule has 0 heterocycles. The van der Waals surface area contributed by atoms with Gasteiger partial charge in [0.15, 0.2) is 17.3 Å². The van der Waals surface area contributed by atoms with Crippen molar-refractivity contribution in [3.05, 3.63) is 83.4 Å². The summed E-state index contributed by atoms with van der Waals surface area (Å²) in [6.07, 6.45) is 0. The summed E-state index contributed by atoms with van der Waals surface area (Å²) >= 11 is 0. The summed E-state index contributed by atoms with van der Waals surface area (Å²) in [5.41, 5.74) is 2.75. The second-order valence-electron chi connectivity index (χ2n) is 8.52. The van der Waals surface area contributed by atoms with Gasteiger partial charge in [-0.3, -0.25) is 4.79 Å². The molecule has 0 aromatic heterocycles. The van der Waals surface area contributed by atoms with Crippen LogP contribution < -0.4 is 14.8 Å². The highest BCUT2D eigenvalue weighted by Gasteiger charge is 2.16. The first-order valence-electron chi connectivity index (χ1n) is 10.1. The molecule has 0 aliphatic heterocycles. The molecule has 0 spiro atoms. The van der Waals surface area contributed by atoms with Gasteiger partial charge in [0.2, 0.25) is 0 Å². The molecule has 1 N–H and O–H groups in total. The number of Topliss-reactive ketones (excluding diaryl/α,β-unsaturated/α-hetero) is 1. The van der Waals surface area contributed by atoms with Crippen molar-refractivity contribution in [3.8, 4) is 23.0 Å². The van der Waals surface area contributed by atoms with Gasteiger partial charge in [0, 0.05) is 11.1 Å². The van der Waals surface area contributed by atoms with Crippen molar-refractivity contribution in [2.24, 2.45) is 0 Å². The number of hydrogen-bond acceptors (Lipinski definition) is 4. The lowest BCUT2D eigenvalue weighted by Gasteiger charge is -2.20. The average molecular weight is 404 g/mol. The van der Waals surface area contributed by atoms with Gasteiger partial charge in [-0.2, -0.15) is 0 Å². The number of ketones is 1. The maximum atomic E-state index is 12.7. The van der Waals surface area contributed by atoms with Gasteiger partial charge in [-0.15, -0.1) is 0 Å². The van der Waals surface area contributed by atoms with Crippen LogP contribution >= 0.6 is 0 Å². The normalized spacial score (nSPS) is 11.2. The van der Waals surface area contributed by atoms with Crippen molar-refractivity contribution >= 4 is 5.78 Å². The van der Waals surface area contributed by atoms with Crippen molar-refractivity contribution < 1.29 is 14.3 Å². The van der Waals surface area contributed by atoms with Gasteiger partial charge in [0.25, 0.3) is 0 Å². The van der Waals surface area contributed by atoms with Gasteiger partial charge in [-0.05, 0) is 77.1 Å². The summed E-state index contributed by atoms with van der Waals surface area (Å²) in [5.74, 6) is 2.45. The Bertz CT molecular complexity index is 1000. The minimum atomic E-state index is -0.134. The van der Waals surface area contributed by atoms with Crippen LogP contribution in [0.4, 0.5) is 0 Å². The second kappa shape index (κ2) is 9.14. The molecule has 0 unspecified atom stereocenters. The van der Waals surface area contributed by atoms with Crippen LogP contribution in [0.15, 0.2) is 66.7 Å². The summed E-state index contributed by atoms with van der Waals surface area (Å²) in [6.45, 7) is 10.4. The van der Waals surface area contributed by atoms with E-state index in [1.165, 1.54) is 0 Å². The maximum Gasteiger partial charge on any atom is 0.176 e. The highest BCUT2D eigenvalue weighted by molar-refractivity contribution is 5.98. The minimum absolute atomic E-state index is 0.000525. The first kappa shape index (κ1) is 21.6. The van der Waals surface area contributed by atoms with E-state index in [1.807, 2.05) is 83.1 Å². The van der Waals surface area contributed by atoms with Gasteiger partial charge in [0.05, 0.1) is 6.54 Å². The summed E-state index contributed by atoms with van der Waals surface area (Å²) in [6, 6.07) is 20.9. The number of carbonyl (C=O) groups excluding carboxylic acids is 1. The van der Waals surface area contributed by atoms with Gasteiger partial charge in [-0.25, -0.2) is 0 Å². The smallest absolute Gasteiger partial charge is 0.176 e. The zero-order valence-corrected chi connectivity index (χ0v) is 18.3. The van der Waals surface area contributed by atoms with Crippen molar-refractivity contribution in [3.63, 3.8) is 0 Å². The average Bonchev–Trinajstić information content (AvgIpc) is 2.70. The lowest BCUT2D eigenvalue weighted by molar-refractivity contribution is 0.0981. The molecule has 0 aliphatic carbocycles. The highest BCUT2D eigenvalue weighted by Crippen LogP contribution is 2.36. The van der Waals surface area contributed by atoms with E-state index in [9.17, 15) is 4.79 Å². The van der Waals surface area contributed by atoms with E-state index in [0.29, 0.717) is 28.6 Å². The number of aryl methyl sites for hydroxylation is 2. The van der Waals surface area contributed by atoms with Crippen LogP contribution in [0.5, 0.6) is 23.0 Å². The third-order valence-corrected chi connectivity index (χ3v) is 4.54. The second-order valence-corrected chi connectivity index (χ2v) is 8.52. The molecule has 3 rings (SSSR count). The van der Waals surface area contributed by atoms with Crippen molar-refractivity contribution in [1.29, 1.82) is 0 Å². The molecule has 0 saturated heterocycles. The summed E-state index contributed by atoms with van der Waals surface area (Å²) in [5, 5.41) is 3.23. The number of carbonyl (C=O) groups is 1. The van der Waals surface area contributed by atoms with Crippen LogP contribution in [0.25, 0.3) is 0 Å². The molecule has 0 atom stereocenters. The molecule has 0 aliphatic rings. The highest BCUT2D eigenvalue weighted by atomic mass is 16.5. The van der Waals surface area contributed by atoms with Crippen molar-refractivity contribution in [2.45, 2.75) is 40.2 Å².